The lowest BCUT2D eigenvalue weighted by Crippen LogP contribution is -2.45. The normalized spacial score (nSPS) is 17.8. The molecule has 8 N–H and O–H groups in total. The average Bonchev–Trinajstić information content (AvgIpc) is 1.80. The van der Waals surface area contributed by atoms with Crippen LogP contribution >= 0.6 is 0 Å². The highest BCUT2D eigenvalue weighted by molar-refractivity contribution is 6.03. The highest BCUT2D eigenvalue weighted by atomic mass is 16.6. The number of ether oxygens (including phenoxy) is 2. The van der Waals surface area contributed by atoms with Gasteiger partial charge >= 0.3 is 18.2 Å². The summed E-state index contributed by atoms with van der Waals surface area (Å²) in [5.74, 6) is -0.647. The molecule has 8 aromatic rings. The number of fused-ring (bicyclic) bond motifs is 2. The summed E-state index contributed by atoms with van der Waals surface area (Å²) in [5, 5.41) is 17.7. The molecule has 25 heteroatoms. The molecule has 484 valence electrons. The van der Waals surface area contributed by atoms with Crippen LogP contribution in [-0.2, 0) is 28.7 Å². The number of nitrogens with zero attached hydrogens (tertiary/aromatic N) is 8. The Hall–Kier alpha value is -10.7. The van der Waals surface area contributed by atoms with Gasteiger partial charge in [0.25, 0.3) is 11.8 Å². The number of aromatic nitrogens is 6. The van der Waals surface area contributed by atoms with E-state index in [0.717, 1.165) is 64.7 Å². The number of carboxylic acids is 1. The Morgan fingerprint density at radius 3 is 1.29 bits per heavy atom. The van der Waals surface area contributed by atoms with Crippen LogP contribution in [0.25, 0.3) is 44.8 Å². The number of benzene rings is 4. The number of amides is 7. The maximum Gasteiger partial charge on any atom is 0.411 e. The molecule has 0 bridgehead atoms. The van der Waals surface area contributed by atoms with E-state index in [1.165, 1.54) is 22.2 Å². The molecule has 25 nitrogen and oxygen atoms in total. The molecule has 0 spiro atoms. The fourth-order valence-corrected chi connectivity index (χ4v) is 11.5. The Labute approximate surface area is 536 Å². The molecule has 4 atom stereocenters. The SMILES string of the molecule is CC(C)(C)OC(=O)N1CCC[C@@H]1C(=O)O.CC(C)(C)OC(=O)N1CCC[C@H]1C(=O)Nc1ccc2nc(-c3ccc(NC(=O)[C@@H]4CCCN4C(=O)c4cccnc4)cc3)[nH]c2c1.Nc1ccc2nc(-c3ccc(NC(=O)[C@@H]4CCCN4C(=O)c4cccnc4)cc3)[nH]c2c1. The monoisotopic (exact) mass is 1260 g/mol. The van der Waals surface area contributed by atoms with Gasteiger partial charge in [-0.2, -0.15) is 0 Å². The molecule has 0 saturated carbocycles. The minimum atomic E-state index is -0.960. The fraction of sp³-hybridized carbons (Fsp3) is 0.353. The quantitative estimate of drug-likeness (QED) is 0.0592. The van der Waals surface area contributed by atoms with Crippen molar-refractivity contribution in [1.29, 1.82) is 0 Å². The van der Waals surface area contributed by atoms with Crippen LogP contribution in [0, 0.1) is 0 Å². The third kappa shape index (κ3) is 16.3. The van der Waals surface area contributed by atoms with Gasteiger partial charge in [-0.1, -0.05) is 0 Å². The molecule has 4 aliphatic rings. The highest BCUT2D eigenvalue weighted by Gasteiger charge is 2.39. The standard InChI is InChI=1S/C34H37N7O5.C24H22N6O2.C10H17NO4/c1-34(2,3)46-33(45)41-18-6-9-28(41)31(43)37-24-14-15-25-26(19-24)39-29(38-25)21-10-12-23(13-11-21)36-30(42)27-8-5-17-40(27)32(44)22-7-4-16-35-20-22;25-17-7-10-19-20(13-17)29-22(28-19)15-5-8-18(9-6-15)27-23(31)21-4-2-12-30(21)24(32)16-3-1-11-26-14-16;1-10(2,3)15-9(14)11-6-4-5-7(11)8(12)13/h4,7,10-16,19-20,27-28H,5-6,8-9,17-18H2,1-3H3,(H,36,42)(H,37,43)(H,38,39);1,3,5-11,13-14,21H,2,4,12,25H2,(H,27,31)(H,28,29);7H,4-6H2,1-3H3,(H,12,13)/t27-,28-;21-;7-/m001/s1. The van der Waals surface area contributed by atoms with Gasteiger partial charge in [-0.05, 0) is 202 Å². The van der Waals surface area contributed by atoms with Crippen LogP contribution in [-0.4, -0.2) is 164 Å². The van der Waals surface area contributed by atoms with E-state index in [0.29, 0.717) is 91.6 Å². The lowest BCUT2D eigenvalue weighted by atomic mass is 10.1. The van der Waals surface area contributed by atoms with Crippen molar-refractivity contribution in [1.82, 2.24) is 49.5 Å². The predicted molar refractivity (Wildman–Crippen MR) is 350 cm³/mol. The smallest absolute Gasteiger partial charge is 0.411 e. The Morgan fingerprint density at radius 1 is 0.495 bits per heavy atom. The summed E-state index contributed by atoms with van der Waals surface area (Å²) >= 11 is 0. The minimum absolute atomic E-state index is 0.170. The molecule has 8 heterocycles. The Bertz CT molecular complexity index is 4030. The summed E-state index contributed by atoms with van der Waals surface area (Å²) in [6.45, 7) is 12.7. The molecule has 4 aromatic heterocycles. The Balaban J connectivity index is 0.000000173. The van der Waals surface area contributed by atoms with Crippen molar-refractivity contribution in [3.8, 4) is 22.8 Å². The second-order valence-corrected chi connectivity index (χ2v) is 25.1. The number of nitrogens with one attached hydrogen (secondary N) is 5. The number of aromatic amines is 2. The van der Waals surface area contributed by atoms with Crippen molar-refractivity contribution in [3.05, 3.63) is 145 Å². The summed E-state index contributed by atoms with van der Waals surface area (Å²) in [7, 11) is 0. The summed E-state index contributed by atoms with van der Waals surface area (Å²) < 4.78 is 10.6. The van der Waals surface area contributed by atoms with Gasteiger partial charge < -0.3 is 56.0 Å². The molecular weight excluding hydrogens is 1190 g/mol. The van der Waals surface area contributed by atoms with Crippen LogP contribution in [0.5, 0.6) is 0 Å². The third-order valence-corrected chi connectivity index (χ3v) is 15.9. The molecule has 7 amide bonds. The van der Waals surface area contributed by atoms with Gasteiger partial charge in [0.2, 0.25) is 17.7 Å². The number of carbonyl (C=O) groups excluding carboxylic acids is 7. The third-order valence-electron chi connectivity index (χ3n) is 15.9. The van der Waals surface area contributed by atoms with Gasteiger partial charge in [0.15, 0.2) is 0 Å². The van der Waals surface area contributed by atoms with E-state index in [1.54, 1.807) is 106 Å². The summed E-state index contributed by atoms with van der Waals surface area (Å²) in [6.07, 6.45) is 10.6. The minimum Gasteiger partial charge on any atom is -0.480 e. The second-order valence-electron chi connectivity index (χ2n) is 25.1. The molecule has 12 rings (SSSR count). The zero-order chi connectivity index (χ0) is 66.1. The predicted octanol–water partition coefficient (Wildman–Crippen LogP) is 10.1. The molecule has 4 fully saturated rings. The lowest BCUT2D eigenvalue weighted by molar-refractivity contribution is -0.142. The van der Waals surface area contributed by atoms with E-state index in [-0.39, 0.29) is 29.5 Å². The maximum atomic E-state index is 13.1. The topological polar surface area (TPSA) is 333 Å². The zero-order valence-electron chi connectivity index (χ0n) is 52.7. The molecule has 0 unspecified atom stereocenters. The summed E-state index contributed by atoms with van der Waals surface area (Å²) in [4.78, 5) is 130. The first kappa shape index (κ1) is 65.2. The number of likely N-dealkylation sites (tertiary alicyclic amines) is 4. The van der Waals surface area contributed by atoms with Gasteiger partial charge in [-0.15, -0.1) is 0 Å². The lowest BCUT2D eigenvalue weighted by Gasteiger charge is -2.28. The maximum absolute atomic E-state index is 13.1. The zero-order valence-corrected chi connectivity index (χ0v) is 52.7. The van der Waals surface area contributed by atoms with Crippen LogP contribution in [0.4, 0.5) is 32.3 Å². The number of pyridine rings is 2. The number of H-pyrrole nitrogens is 2. The van der Waals surface area contributed by atoms with Crippen LogP contribution in [0.1, 0.15) is 114 Å². The molecule has 0 radical (unpaired) electrons. The number of hydrogen-bond donors (Lipinski definition) is 7. The molecule has 4 aliphatic heterocycles. The number of aliphatic carboxylic acids is 1. The molecule has 93 heavy (non-hydrogen) atoms. The van der Waals surface area contributed by atoms with E-state index in [4.69, 9.17) is 20.3 Å². The molecular formula is C68H76N14O11. The van der Waals surface area contributed by atoms with Gasteiger partial charge in [-0.3, -0.25) is 43.7 Å². The highest BCUT2D eigenvalue weighted by Crippen LogP contribution is 2.30. The molecule has 4 saturated heterocycles. The van der Waals surface area contributed by atoms with E-state index in [1.807, 2.05) is 66.7 Å². The van der Waals surface area contributed by atoms with Crippen LogP contribution in [0.3, 0.4) is 0 Å². The van der Waals surface area contributed by atoms with Crippen molar-refractivity contribution in [2.75, 3.05) is 47.9 Å². The van der Waals surface area contributed by atoms with E-state index in [9.17, 15) is 38.4 Å². The number of rotatable bonds is 11. The number of hydrogen-bond acceptors (Lipinski definition) is 15. The van der Waals surface area contributed by atoms with Crippen molar-refractivity contribution in [2.45, 2.75) is 128 Å². The first-order valence-corrected chi connectivity index (χ1v) is 31.0. The second kappa shape index (κ2) is 28.2. The van der Waals surface area contributed by atoms with Crippen molar-refractivity contribution < 1.29 is 52.9 Å². The largest absolute Gasteiger partial charge is 0.480 e. The van der Waals surface area contributed by atoms with Gasteiger partial charge in [0, 0.05) is 84.8 Å². The number of anilines is 4. The van der Waals surface area contributed by atoms with E-state index < -0.39 is 53.5 Å². The summed E-state index contributed by atoms with van der Waals surface area (Å²) in [6, 6.07) is 30.2. The molecule has 4 aromatic carbocycles. The Morgan fingerprint density at radius 2 is 0.871 bits per heavy atom. The number of nitrogens with two attached hydrogens (primary N) is 1. The fourth-order valence-electron chi connectivity index (χ4n) is 11.5. The van der Waals surface area contributed by atoms with Gasteiger partial charge in [-0.25, -0.2) is 24.4 Å². The van der Waals surface area contributed by atoms with Crippen LogP contribution in [0.2, 0.25) is 0 Å². The van der Waals surface area contributed by atoms with Crippen molar-refractivity contribution in [2.24, 2.45) is 0 Å². The number of imidazole rings is 2. The Kier molecular flexibility index (Phi) is 19.8. The van der Waals surface area contributed by atoms with E-state index in [2.05, 4.69) is 45.9 Å². The number of carboxylic acid groups (broad SMARTS) is 1. The number of carbonyl (C=O) groups is 8. The average molecular weight is 1270 g/mol. The van der Waals surface area contributed by atoms with Gasteiger partial charge in [0.05, 0.1) is 33.2 Å². The van der Waals surface area contributed by atoms with Gasteiger partial charge in [0.1, 0.15) is 47.0 Å². The van der Waals surface area contributed by atoms with Crippen molar-refractivity contribution in [3.63, 3.8) is 0 Å². The molecule has 0 aliphatic carbocycles. The van der Waals surface area contributed by atoms with Crippen molar-refractivity contribution >= 4 is 92.5 Å². The van der Waals surface area contributed by atoms with Crippen LogP contribution < -0.4 is 21.7 Å². The number of nitrogen functional groups attached to an aromatic ring is 1. The van der Waals surface area contributed by atoms with Crippen LogP contribution in [0.15, 0.2) is 134 Å². The van der Waals surface area contributed by atoms with E-state index >= 15 is 0 Å². The summed E-state index contributed by atoms with van der Waals surface area (Å²) in [5.41, 5.74) is 13.0. The first-order valence-electron chi connectivity index (χ1n) is 31.0. The first-order chi connectivity index (χ1) is 44.4.